The number of morpholine rings is 1. The van der Waals surface area contributed by atoms with E-state index in [-0.39, 0.29) is 17.6 Å². The Balaban J connectivity index is 1.41. The molecule has 0 bridgehead atoms. The molecule has 156 valence electrons. The highest BCUT2D eigenvalue weighted by Gasteiger charge is 2.31. The zero-order valence-corrected chi connectivity index (χ0v) is 17.6. The summed E-state index contributed by atoms with van der Waals surface area (Å²) in [6.45, 7) is 5.51. The lowest BCUT2D eigenvalue weighted by atomic mass is 9.97. The fourth-order valence-corrected chi connectivity index (χ4v) is 5.27. The summed E-state index contributed by atoms with van der Waals surface area (Å²) in [4.78, 5) is 14.7. The summed E-state index contributed by atoms with van der Waals surface area (Å²) < 4.78 is 32.1. The van der Waals surface area contributed by atoms with Crippen molar-refractivity contribution in [2.45, 2.75) is 18.6 Å². The second-order valence-electron chi connectivity index (χ2n) is 7.30. The first kappa shape index (κ1) is 21.5. The number of halogens is 1. The molecule has 2 aliphatic heterocycles. The molecule has 1 amide bonds. The summed E-state index contributed by atoms with van der Waals surface area (Å²) in [6, 6.07) is 6.85. The number of amides is 1. The van der Waals surface area contributed by atoms with E-state index in [1.807, 2.05) is 0 Å². The van der Waals surface area contributed by atoms with Crippen molar-refractivity contribution in [1.82, 2.24) is 14.5 Å². The molecule has 0 aliphatic carbocycles. The number of ether oxygens (including phenoxy) is 1. The van der Waals surface area contributed by atoms with Crippen molar-refractivity contribution in [3.05, 3.63) is 34.9 Å². The van der Waals surface area contributed by atoms with Gasteiger partial charge in [-0.3, -0.25) is 9.69 Å². The van der Waals surface area contributed by atoms with Crippen LogP contribution in [0.3, 0.4) is 0 Å². The lowest BCUT2D eigenvalue weighted by molar-refractivity contribution is -0.126. The fourth-order valence-electron chi connectivity index (χ4n) is 3.59. The largest absolute Gasteiger partial charge is 0.379 e. The minimum Gasteiger partial charge on any atom is -0.379 e. The number of carbonyl (C=O) groups is 1. The third kappa shape index (κ3) is 6.15. The Morgan fingerprint density at radius 1 is 1.11 bits per heavy atom. The SMILES string of the molecule is O=C(NCCN1CCOCC1)C1CCN(S(=O)(=O)Cc2ccc(Cl)cc2)CC1. The first-order chi connectivity index (χ1) is 13.4. The number of sulfonamides is 1. The Labute approximate surface area is 172 Å². The van der Waals surface area contributed by atoms with Crippen LogP contribution >= 0.6 is 11.6 Å². The van der Waals surface area contributed by atoms with Crippen molar-refractivity contribution in [2.75, 3.05) is 52.5 Å². The number of nitrogens with zero attached hydrogens (tertiary/aromatic N) is 2. The highest BCUT2D eigenvalue weighted by Crippen LogP contribution is 2.22. The van der Waals surface area contributed by atoms with E-state index in [4.69, 9.17) is 16.3 Å². The van der Waals surface area contributed by atoms with Gasteiger partial charge in [-0.25, -0.2) is 12.7 Å². The number of hydrogen-bond acceptors (Lipinski definition) is 5. The number of piperidine rings is 1. The molecule has 2 saturated heterocycles. The Bertz CT molecular complexity index is 743. The topological polar surface area (TPSA) is 79.0 Å². The Hall–Kier alpha value is -1.19. The average Bonchev–Trinajstić information content (AvgIpc) is 2.70. The molecule has 0 radical (unpaired) electrons. The van der Waals surface area contributed by atoms with Gasteiger partial charge < -0.3 is 10.1 Å². The maximum Gasteiger partial charge on any atom is 0.223 e. The molecular weight excluding hydrogens is 402 g/mol. The van der Waals surface area contributed by atoms with Crippen LogP contribution in [-0.4, -0.2) is 76.0 Å². The second-order valence-corrected chi connectivity index (χ2v) is 9.71. The summed E-state index contributed by atoms with van der Waals surface area (Å²) >= 11 is 5.85. The highest BCUT2D eigenvalue weighted by atomic mass is 35.5. The van der Waals surface area contributed by atoms with Gasteiger partial charge >= 0.3 is 0 Å². The molecule has 0 atom stereocenters. The fraction of sp³-hybridized carbons (Fsp3) is 0.632. The van der Waals surface area contributed by atoms with Crippen LogP contribution in [0.1, 0.15) is 18.4 Å². The molecule has 1 N–H and O–H groups in total. The van der Waals surface area contributed by atoms with E-state index in [2.05, 4.69) is 10.2 Å². The van der Waals surface area contributed by atoms with Gasteiger partial charge in [-0.15, -0.1) is 0 Å². The van der Waals surface area contributed by atoms with Gasteiger partial charge in [0.2, 0.25) is 15.9 Å². The normalized spacial score (nSPS) is 20.2. The van der Waals surface area contributed by atoms with Crippen LogP contribution in [-0.2, 0) is 25.3 Å². The molecule has 3 rings (SSSR count). The number of benzene rings is 1. The van der Waals surface area contributed by atoms with E-state index in [1.165, 1.54) is 4.31 Å². The molecule has 2 heterocycles. The third-order valence-corrected chi connectivity index (χ3v) is 7.41. The van der Waals surface area contributed by atoms with Crippen molar-refractivity contribution in [3.8, 4) is 0 Å². The molecule has 0 unspecified atom stereocenters. The summed E-state index contributed by atoms with van der Waals surface area (Å²) in [5, 5.41) is 3.58. The van der Waals surface area contributed by atoms with Crippen LogP contribution in [0.5, 0.6) is 0 Å². The van der Waals surface area contributed by atoms with Crippen molar-refractivity contribution in [2.24, 2.45) is 5.92 Å². The molecule has 7 nitrogen and oxygen atoms in total. The van der Waals surface area contributed by atoms with Crippen molar-refractivity contribution in [3.63, 3.8) is 0 Å². The number of carbonyl (C=O) groups excluding carboxylic acids is 1. The van der Waals surface area contributed by atoms with Crippen LogP contribution in [0, 0.1) is 5.92 Å². The van der Waals surface area contributed by atoms with Crippen LogP contribution in [0.15, 0.2) is 24.3 Å². The molecule has 0 saturated carbocycles. The van der Waals surface area contributed by atoms with Gasteiger partial charge in [-0.05, 0) is 30.5 Å². The predicted molar refractivity (Wildman–Crippen MR) is 109 cm³/mol. The summed E-state index contributed by atoms with van der Waals surface area (Å²) in [7, 11) is -3.39. The van der Waals surface area contributed by atoms with E-state index in [9.17, 15) is 13.2 Å². The Kier molecular flexibility index (Phi) is 7.70. The van der Waals surface area contributed by atoms with E-state index in [1.54, 1.807) is 24.3 Å². The van der Waals surface area contributed by atoms with Gasteiger partial charge in [-0.1, -0.05) is 23.7 Å². The number of hydrogen-bond donors (Lipinski definition) is 1. The molecule has 2 aliphatic rings. The Morgan fingerprint density at radius 3 is 2.39 bits per heavy atom. The number of rotatable bonds is 7. The molecule has 28 heavy (non-hydrogen) atoms. The molecule has 0 aromatic heterocycles. The van der Waals surface area contributed by atoms with Crippen LogP contribution in [0.25, 0.3) is 0 Å². The monoisotopic (exact) mass is 429 g/mol. The first-order valence-corrected chi connectivity index (χ1v) is 11.7. The van der Waals surface area contributed by atoms with E-state index in [0.29, 0.717) is 43.1 Å². The minimum atomic E-state index is -3.39. The average molecular weight is 430 g/mol. The lowest BCUT2D eigenvalue weighted by Gasteiger charge is -2.31. The summed E-state index contributed by atoms with van der Waals surface area (Å²) in [5.41, 5.74) is 0.715. The molecule has 9 heteroatoms. The van der Waals surface area contributed by atoms with Crippen molar-refractivity contribution < 1.29 is 17.9 Å². The van der Waals surface area contributed by atoms with Crippen LogP contribution < -0.4 is 5.32 Å². The third-order valence-electron chi connectivity index (χ3n) is 5.31. The summed E-state index contributed by atoms with van der Waals surface area (Å²) in [5.74, 6) is -0.129. The van der Waals surface area contributed by atoms with Crippen LogP contribution in [0.2, 0.25) is 5.02 Å². The van der Waals surface area contributed by atoms with E-state index < -0.39 is 10.0 Å². The molecular formula is C19H28ClN3O4S. The van der Waals surface area contributed by atoms with Crippen LogP contribution in [0.4, 0.5) is 0 Å². The maximum absolute atomic E-state index is 12.6. The van der Waals surface area contributed by atoms with E-state index >= 15 is 0 Å². The van der Waals surface area contributed by atoms with Crippen molar-refractivity contribution >= 4 is 27.5 Å². The zero-order valence-electron chi connectivity index (χ0n) is 16.0. The maximum atomic E-state index is 12.6. The van der Waals surface area contributed by atoms with Gasteiger partial charge in [0.15, 0.2) is 0 Å². The first-order valence-electron chi connectivity index (χ1n) is 9.74. The van der Waals surface area contributed by atoms with E-state index in [0.717, 1.165) is 32.8 Å². The van der Waals surface area contributed by atoms with Gasteiger partial charge in [0.1, 0.15) is 0 Å². The van der Waals surface area contributed by atoms with Crippen molar-refractivity contribution in [1.29, 1.82) is 0 Å². The highest BCUT2D eigenvalue weighted by molar-refractivity contribution is 7.88. The zero-order chi connectivity index (χ0) is 20.0. The molecule has 0 spiro atoms. The minimum absolute atomic E-state index is 0.0306. The molecule has 2 fully saturated rings. The predicted octanol–water partition coefficient (Wildman–Crippen LogP) is 1.33. The molecule has 1 aromatic carbocycles. The smallest absolute Gasteiger partial charge is 0.223 e. The quantitative estimate of drug-likeness (QED) is 0.707. The second kappa shape index (κ2) is 10.0. The van der Waals surface area contributed by atoms with Gasteiger partial charge in [-0.2, -0.15) is 0 Å². The standard InChI is InChI=1S/C19H28ClN3O4S/c20-18-3-1-16(2-4-18)15-28(25,26)23-8-5-17(6-9-23)19(24)21-7-10-22-11-13-27-14-12-22/h1-4,17H,5-15H2,(H,21,24). The Morgan fingerprint density at radius 2 is 1.75 bits per heavy atom. The van der Waals surface area contributed by atoms with Gasteiger partial charge in [0, 0.05) is 50.2 Å². The number of nitrogens with one attached hydrogen (secondary N) is 1. The molecule has 1 aromatic rings. The lowest BCUT2D eigenvalue weighted by Crippen LogP contribution is -2.45. The summed E-state index contributed by atoms with van der Waals surface area (Å²) in [6.07, 6.45) is 1.12. The van der Waals surface area contributed by atoms with Gasteiger partial charge in [0.25, 0.3) is 0 Å². The van der Waals surface area contributed by atoms with Gasteiger partial charge in [0.05, 0.1) is 19.0 Å².